The van der Waals surface area contributed by atoms with Crippen molar-refractivity contribution in [3.05, 3.63) is 47.9 Å². The zero-order valence-corrected chi connectivity index (χ0v) is 11.1. The van der Waals surface area contributed by atoms with E-state index in [9.17, 15) is 22.7 Å². The summed E-state index contributed by atoms with van der Waals surface area (Å²) in [6.07, 6.45) is 1.11. The van der Waals surface area contributed by atoms with E-state index in [0.717, 1.165) is 30.5 Å². The number of carbonyl (C=O) groups is 1. The van der Waals surface area contributed by atoms with Crippen molar-refractivity contribution in [2.75, 3.05) is 4.72 Å². The number of carboxylic acids is 1. The predicted octanol–water partition coefficient (Wildman–Crippen LogP) is 1.43. The molecule has 1 aromatic carbocycles. The van der Waals surface area contributed by atoms with Crippen molar-refractivity contribution in [2.24, 2.45) is 0 Å². The van der Waals surface area contributed by atoms with Crippen LogP contribution < -0.4 is 4.72 Å². The summed E-state index contributed by atoms with van der Waals surface area (Å²) in [5.74, 6) is -2.99. The van der Waals surface area contributed by atoms with Crippen LogP contribution in [0, 0.1) is 5.82 Å². The summed E-state index contributed by atoms with van der Waals surface area (Å²) in [6, 6.07) is 5.23. The monoisotopic (exact) mass is 312 g/mol. The molecule has 2 rings (SSSR count). The molecule has 0 spiro atoms. The van der Waals surface area contributed by atoms with Gasteiger partial charge in [-0.15, -0.1) is 0 Å². The van der Waals surface area contributed by atoms with Gasteiger partial charge in [0.1, 0.15) is 11.3 Å². The van der Waals surface area contributed by atoms with Gasteiger partial charge < -0.3 is 10.2 Å². The molecule has 2 aromatic rings. The van der Waals surface area contributed by atoms with Crippen LogP contribution in [0.5, 0.6) is 5.75 Å². The number of nitrogens with one attached hydrogen (secondary N) is 1. The average molecular weight is 312 g/mol. The number of aromatic carboxylic acids is 1. The topological polar surface area (TPSA) is 117 Å². The number of phenols is 1. The molecule has 0 atom stereocenters. The Bertz CT molecular complexity index is 807. The first-order valence-corrected chi connectivity index (χ1v) is 6.99. The van der Waals surface area contributed by atoms with Crippen molar-refractivity contribution < 1.29 is 27.8 Å². The van der Waals surface area contributed by atoms with Gasteiger partial charge >= 0.3 is 5.97 Å². The molecule has 1 heterocycles. The Morgan fingerprint density at radius 2 is 2.00 bits per heavy atom. The lowest BCUT2D eigenvalue weighted by Gasteiger charge is -2.09. The summed E-state index contributed by atoms with van der Waals surface area (Å²) in [7, 11) is -4.31. The lowest BCUT2D eigenvalue weighted by Crippen LogP contribution is -2.16. The number of nitrogens with zero attached hydrogens (tertiary/aromatic N) is 1. The molecule has 3 N–H and O–H groups in total. The molecule has 0 saturated carbocycles. The Balaban J connectivity index is 2.40. The molecule has 0 saturated heterocycles. The van der Waals surface area contributed by atoms with Gasteiger partial charge in [-0.1, -0.05) is 0 Å². The first kappa shape index (κ1) is 14.7. The zero-order chi connectivity index (χ0) is 15.6. The fourth-order valence-electron chi connectivity index (χ4n) is 1.54. The van der Waals surface area contributed by atoms with Crippen molar-refractivity contribution in [3.63, 3.8) is 0 Å². The zero-order valence-electron chi connectivity index (χ0n) is 10.3. The molecule has 0 unspecified atom stereocenters. The summed E-state index contributed by atoms with van der Waals surface area (Å²) < 4.78 is 39.4. The molecule has 110 valence electrons. The number of hydrogen-bond donors (Lipinski definition) is 3. The van der Waals surface area contributed by atoms with Crippen LogP contribution in [0.3, 0.4) is 0 Å². The van der Waals surface area contributed by atoms with Crippen LogP contribution in [0.15, 0.2) is 41.6 Å². The van der Waals surface area contributed by atoms with Crippen molar-refractivity contribution in [1.29, 1.82) is 0 Å². The normalized spacial score (nSPS) is 11.1. The van der Waals surface area contributed by atoms with Gasteiger partial charge in [0.2, 0.25) is 5.03 Å². The molecule has 0 aliphatic carbocycles. The number of halogens is 1. The number of sulfonamides is 1. The highest BCUT2D eigenvalue weighted by Gasteiger charge is 2.21. The average Bonchev–Trinajstić information content (AvgIpc) is 2.40. The number of anilines is 1. The number of aromatic nitrogens is 1. The number of carboxylic acid groups (broad SMARTS) is 1. The summed E-state index contributed by atoms with van der Waals surface area (Å²) in [4.78, 5) is 14.3. The SMILES string of the molecule is O=C(O)c1cc(NS(=O)(=O)c2ncccc2F)ccc1O. The van der Waals surface area contributed by atoms with Gasteiger partial charge in [0.05, 0.1) is 0 Å². The van der Waals surface area contributed by atoms with Crippen molar-refractivity contribution in [3.8, 4) is 5.75 Å². The molecule has 0 aliphatic heterocycles. The molecule has 21 heavy (non-hydrogen) atoms. The van der Waals surface area contributed by atoms with E-state index in [2.05, 4.69) is 4.98 Å². The molecular formula is C12H9FN2O5S. The molecule has 0 amide bonds. The van der Waals surface area contributed by atoms with E-state index in [-0.39, 0.29) is 5.69 Å². The molecular weight excluding hydrogens is 303 g/mol. The fraction of sp³-hybridized carbons (Fsp3) is 0. The third kappa shape index (κ3) is 3.08. The third-order valence-electron chi connectivity index (χ3n) is 2.46. The fourth-order valence-corrected chi connectivity index (χ4v) is 2.60. The minimum Gasteiger partial charge on any atom is -0.507 e. The van der Waals surface area contributed by atoms with Crippen LogP contribution in [0.2, 0.25) is 0 Å². The molecule has 9 heteroatoms. The van der Waals surface area contributed by atoms with Gasteiger partial charge in [0.15, 0.2) is 5.82 Å². The highest BCUT2D eigenvalue weighted by molar-refractivity contribution is 7.92. The quantitative estimate of drug-likeness (QED) is 0.735. The number of rotatable bonds is 4. The van der Waals surface area contributed by atoms with Crippen LogP contribution in [0.1, 0.15) is 10.4 Å². The molecule has 1 aromatic heterocycles. The number of benzene rings is 1. The van der Waals surface area contributed by atoms with E-state index in [1.807, 2.05) is 4.72 Å². The Morgan fingerprint density at radius 3 is 2.62 bits per heavy atom. The second-order valence-corrected chi connectivity index (χ2v) is 5.53. The number of hydrogen-bond acceptors (Lipinski definition) is 5. The number of pyridine rings is 1. The summed E-state index contributed by atoms with van der Waals surface area (Å²) >= 11 is 0. The number of aromatic hydroxyl groups is 1. The molecule has 0 aliphatic rings. The minimum absolute atomic E-state index is 0.143. The minimum atomic E-state index is -4.31. The van der Waals surface area contributed by atoms with Gasteiger partial charge in [0, 0.05) is 11.9 Å². The Kier molecular flexibility index (Phi) is 3.76. The second-order valence-electron chi connectivity index (χ2n) is 3.93. The smallest absolute Gasteiger partial charge is 0.339 e. The van der Waals surface area contributed by atoms with E-state index in [1.165, 1.54) is 6.07 Å². The first-order valence-electron chi connectivity index (χ1n) is 5.51. The standard InChI is InChI=1S/C12H9FN2O5S/c13-9-2-1-5-14-11(9)21(19,20)15-7-3-4-10(16)8(6-7)12(17)18/h1-6,15-16H,(H,17,18). The maximum atomic E-state index is 13.4. The third-order valence-corrected chi connectivity index (χ3v) is 3.77. The first-order chi connectivity index (χ1) is 9.81. The van der Waals surface area contributed by atoms with Gasteiger partial charge in [0.25, 0.3) is 10.0 Å². The van der Waals surface area contributed by atoms with Crippen molar-refractivity contribution in [2.45, 2.75) is 5.03 Å². The lowest BCUT2D eigenvalue weighted by atomic mass is 10.2. The summed E-state index contributed by atoms with van der Waals surface area (Å²) in [5.41, 5.74) is -0.632. The van der Waals surface area contributed by atoms with Gasteiger partial charge in [-0.25, -0.2) is 14.2 Å². The maximum absolute atomic E-state index is 13.4. The highest BCUT2D eigenvalue weighted by atomic mass is 32.2. The highest BCUT2D eigenvalue weighted by Crippen LogP contribution is 2.23. The van der Waals surface area contributed by atoms with Crippen LogP contribution in [0.4, 0.5) is 10.1 Å². The lowest BCUT2D eigenvalue weighted by molar-refractivity contribution is 0.0693. The molecule has 7 nitrogen and oxygen atoms in total. The van der Waals surface area contributed by atoms with Crippen LogP contribution in [-0.2, 0) is 10.0 Å². The summed E-state index contributed by atoms with van der Waals surface area (Å²) in [6.45, 7) is 0. The van der Waals surface area contributed by atoms with E-state index in [0.29, 0.717) is 0 Å². The molecule has 0 bridgehead atoms. The van der Waals surface area contributed by atoms with Gasteiger partial charge in [-0.3, -0.25) is 4.72 Å². The van der Waals surface area contributed by atoms with E-state index in [4.69, 9.17) is 5.11 Å². The molecule has 0 radical (unpaired) electrons. The van der Waals surface area contributed by atoms with E-state index in [1.54, 1.807) is 0 Å². The Labute approximate surface area is 118 Å². The molecule has 0 fully saturated rings. The Morgan fingerprint density at radius 1 is 1.29 bits per heavy atom. The van der Waals surface area contributed by atoms with E-state index < -0.39 is 38.1 Å². The Hall–Kier alpha value is -2.68. The van der Waals surface area contributed by atoms with Crippen molar-refractivity contribution >= 4 is 21.7 Å². The summed E-state index contributed by atoms with van der Waals surface area (Å²) in [5, 5.41) is 17.4. The van der Waals surface area contributed by atoms with Crippen LogP contribution in [-0.4, -0.2) is 29.6 Å². The predicted molar refractivity (Wildman–Crippen MR) is 70.1 cm³/mol. The van der Waals surface area contributed by atoms with Gasteiger partial charge in [-0.2, -0.15) is 8.42 Å². The maximum Gasteiger partial charge on any atom is 0.339 e. The van der Waals surface area contributed by atoms with Crippen LogP contribution in [0.25, 0.3) is 0 Å². The second kappa shape index (κ2) is 5.37. The van der Waals surface area contributed by atoms with E-state index >= 15 is 0 Å². The van der Waals surface area contributed by atoms with Crippen LogP contribution >= 0.6 is 0 Å². The van der Waals surface area contributed by atoms with Gasteiger partial charge in [-0.05, 0) is 30.3 Å². The largest absolute Gasteiger partial charge is 0.507 e. The van der Waals surface area contributed by atoms with Crippen molar-refractivity contribution in [1.82, 2.24) is 4.98 Å².